The van der Waals surface area contributed by atoms with Crippen LogP contribution < -0.4 is 0 Å². The molecule has 0 amide bonds. The molecule has 0 aliphatic carbocycles. The summed E-state index contributed by atoms with van der Waals surface area (Å²) >= 11 is 0. The molecule has 0 aliphatic heterocycles. The van der Waals surface area contributed by atoms with E-state index in [0.717, 1.165) is 17.8 Å². The summed E-state index contributed by atoms with van der Waals surface area (Å²) in [4.78, 5) is 0. The third-order valence-corrected chi connectivity index (χ3v) is 4.90. The quantitative estimate of drug-likeness (QED) is 0.268. The molecule has 0 N–H and O–H groups in total. The first kappa shape index (κ1) is 21.0. The molecular weight excluding hydrogens is 252 g/mol. The zero-order chi connectivity index (χ0) is 15.9. The second kappa shape index (κ2) is 14.9. The van der Waals surface area contributed by atoms with Gasteiger partial charge in [-0.15, -0.1) is 0 Å². The molecule has 1 atom stereocenters. The fourth-order valence-electron chi connectivity index (χ4n) is 3.40. The molecule has 0 radical (unpaired) electrons. The second-order valence-electron chi connectivity index (χ2n) is 7.96. The molecule has 0 aliphatic rings. The summed E-state index contributed by atoms with van der Waals surface area (Å²) in [5.41, 5.74) is 0. The van der Waals surface area contributed by atoms with Crippen LogP contribution in [-0.4, -0.2) is 0 Å². The maximum absolute atomic E-state index is 2.41. The number of hydrogen-bond donors (Lipinski definition) is 0. The summed E-state index contributed by atoms with van der Waals surface area (Å²) in [7, 11) is 0. The minimum absolute atomic E-state index is 0.866. The fourth-order valence-corrected chi connectivity index (χ4v) is 3.40. The van der Waals surface area contributed by atoms with Crippen LogP contribution in [0.25, 0.3) is 0 Å². The Morgan fingerprint density at radius 3 is 1.38 bits per heavy atom. The normalized spacial score (nSPS) is 13.3. The van der Waals surface area contributed by atoms with Crippen LogP contribution in [0.15, 0.2) is 0 Å². The molecule has 128 valence electrons. The molecule has 0 spiro atoms. The molecule has 0 saturated heterocycles. The number of rotatable bonds is 15. The van der Waals surface area contributed by atoms with E-state index in [-0.39, 0.29) is 0 Å². The van der Waals surface area contributed by atoms with Crippen molar-refractivity contribution < 1.29 is 0 Å². The summed E-state index contributed by atoms with van der Waals surface area (Å²) in [6.45, 7) is 11.9. The van der Waals surface area contributed by atoms with E-state index in [1.807, 2.05) is 0 Å². The summed E-state index contributed by atoms with van der Waals surface area (Å²) < 4.78 is 0. The molecule has 0 nitrogen and oxygen atoms in total. The molecule has 0 fully saturated rings. The monoisotopic (exact) mass is 296 g/mol. The van der Waals surface area contributed by atoms with Gasteiger partial charge in [0.25, 0.3) is 0 Å². The summed E-state index contributed by atoms with van der Waals surface area (Å²) in [6, 6.07) is 0. The van der Waals surface area contributed by atoms with Gasteiger partial charge in [0.2, 0.25) is 0 Å². The van der Waals surface area contributed by atoms with Crippen molar-refractivity contribution in [2.45, 2.75) is 118 Å². The molecule has 0 aromatic carbocycles. The van der Waals surface area contributed by atoms with E-state index < -0.39 is 0 Å². The lowest BCUT2D eigenvalue weighted by Crippen LogP contribution is -2.11. The third kappa shape index (κ3) is 14.7. The topological polar surface area (TPSA) is 0 Å². The van der Waals surface area contributed by atoms with E-state index in [1.54, 1.807) is 0 Å². The lowest BCUT2D eigenvalue weighted by Gasteiger charge is -2.22. The lowest BCUT2D eigenvalue weighted by atomic mass is 9.84. The average molecular weight is 297 g/mol. The molecule has 0 bridgehead atoms. The minimum Gasteiger partial charge on any atom is -0.0654 e. The Morgan fingerprint density at radius 1 is 0.571 bits per heavy atom. The Bertz CT molecular complexity index is 192. The molecule has 21 heavy (non-hydrogen) atoms. The van der Waals surface area contributed by atoms with Gasteiger partial charge in [-0.1, -0.05) is 112 Å². The van der Waals surface area contributed by atoms with Crippen LogP contribution in [0.2, 0.25) is 0 Å². The lowest BCUT2D eigenvalue weighted by molar-refractivity contribution is 0.289. The summed E-state index contributed by atoms with van der Waals surface area (Å²) in [6.07, 6.45) is 18.9. The highest BCUT2D eigenvalue weighted by Crippen LogP contribution is 2.26. The maximum atomic E-state index is 2.41. The van der Waals surface area contributed by atoms with Crippen molar-refractivity contribution in [1.82, 2.24) is 0 Å². The van der Waals surface area contributed by atoms with Crippen molar-refractivity contribution in [2.75, 3.05) is 0 Å². The molecule has 0 saturated carbocycles. The molecule has 0 aromatic heterocycles. The van der Waals surface area contributed by atoms with Gasteiger partial charge in [-0.2, -0.15) is 0 Å². The smallest absolute Gasteiger partial charge is 0.0389 e. The molecular formula is C21H44. The number of hydrogen-bond acceptors (Lipinski definition) is 0. The van der Waals surface area contributed by atoms with Gasteiger partial charge < -0.3 is 0 Å². The predicted molar refractivity (Wildman–Crippen MR) is 98.9 cm³/mol. The van der Waals surface area contributed by atoms with Crippen LogP contribution in [0.3, 0.4) is 0 Å². The highest BCUT2D eigenvalue weighted by Gasteiger charge is 2.14. The van der Waals surface area contributed by atoms with E-state index in [9.17, 15) is 0 Å². The minimum atomic E-state index is 0.866. The molecule has 0 rings (SSSR count). The van der Waals surface area contributed by atoms with Crippen molar-refractivity contribution in [1.29, 1.82) is 0 Å². The van der Waals surface area contributed by atoms with Crippen molar-refractivity contribution in [3.63, 3.8) is 0 Å². The maximum Gasteiger partial charge on any atom is -0.0389 e. The highest BCUT2D eigenvalue weighted by molar-refractivity contribution is 4.65. The summed E-state index contributed by atoms with van der Waals surface area (Å²) in [5, 5.41) is 0. The van der Waals surface area contributed by atoms with Gasteiger partial charge in [0.1, 0.15) is 0 Å². The first-order chi connectivity index (χ1) is 10.1. The zero-order valence-corrected chi connectivity index (χ0v) is 15.9. The van der Waals surface area contributed by atoms with E-state index >= 15 is 0 Å². The Hall–Kier alpha value is 0. The van der Waals surface area contributed by atoms with E-state index in [1.165, 1.54) is 83.5 Å². The van der Waals surface area contributed by atoms with Crippen molar-refractivity contribution in [3.8, 4) is 0 Å². The SMILES string of the molecule is CCCCCCCCCCCCCC(CC(C)C)C(C)C. The van der Waals surface area contributed by atoms with Crippen LogP contribution in [0, 0.1) is 17.8 Å². The standard InChI is InChI=1S/C21H44/c1-6-7-8-9-10-11-12-13-14-15-16-17-21(20(4)5)18-19(2)3/h19-21H,6-18H2,1-5H3. The van der Waals surface area contributed by atoms with Crippen LogP contribution in [0.1, 0.15) is 118 Å². The van der Waals surface area contributed by atoms with Gasteiger partial charge >= 0.3 is 0 Å². The van der Waals surface area contributed by atoms with Crippen LogP contribution in [-0.2, 0) is 0 Å². The summed E-state index contributed by atoms with van der Waals surface area (Å²) in [5.74, 6) is 2.70. The third-order valence-electron chi connectivity index (χ3n) is 4.90. The Labute approximate surface area is 136 Å². The Morgan fingerprint density at radius 2 is 1.00 bits per heavy atom. The first-order valence-electron chi connectivity index (χ1n) is 10.1. The molecule has 1 unspecified atom stereocenters. The Kier molecular flexibility index (Phi) is 14.9. The van der Waals surface area contributed by atoms with Crippen LogP contribution in [0.5, 0.6) is 0 Å². The first-order valence-corrected chi connectivity index (χ1v) is 10.1. The van der Waals surface area contributed by atoms with Gasteiger partial charge in [0.15, 0.2) is 0 Å². The van der Waals surface area contributed by atoms with Gasteiger partial charge in [-0.3, -0.25) is 0 Å². The van der Waals surface area contributed by atoms with E-state index in [4.69, 9.17) is 0 Å². The van der Waals surface area contributed by atoms with Crippen LogP contribution >= 0.6 is 0 Å². The molecule has 0 aromatic rings. The van der Waals surface area contributed by atoms with Gasteiger partial charge in [-0.05, 0) is 24.2 Å². The highest BCUT2D eigenvalue weighted by atomic mass is 14.2. The second-order valence-corrected chi connectivity index (χ2v) is 7.96. The number of unbranched alkanes of at least 4 members (excludes halogenated alkanes) is 10. The van der Waals surface area contributed by atoms with Crippen LogP contribution in [0.4, 0.5) is 0 Å². The van der Waals surface area contributed by atoms with E-state index in [0.29, 0.717) is 0 Å². The van der Waals surface area contributed by atoms with Crippen molar-refractivity contribution in [3.05, 3.63) is 0 Å². The predicted octanol–water partition coefficient (Wildman–Crippen LogP) is 8.01. The van der Waals surface area contributed by atoms with E-state index in [2.05, 4.69) is 34.6 Å². The van der Waals surface area contributed by atoms with Crippen molar-refractivity contribution >= 4 is 0 Å². The molecule has 0 heteroatoms. The zero-order valence-electron chi connectivity index (χ0n) is 15.9. The van der Waals surface area contributed by atoms with Gasteiger partial charge in [0, 0.05) is 0 Å². The largest absolute Gasteiger partial charge is 0.0654 e. The molecule has 0 heterocycles. The van der Waals surface area contributed by atoms with Gasteiger partial charge in [-0.25, -0.2) is 0 Å². The van der Waals surface area contributed by atoms with Crippen molar-refractivity contribution in [2.24, 2.45) is 17.8 Å². The average Bonchev–Trinajstić information content (AvgIpc) is 2.42. The fraction of sp³-hybridized carbons (Fsp3) is 1.00. The Balaban J connectivity index is 3.34. The van der Waals surface area contributed by atoms with Gasteiger partial charge in [0.05, 0.1) is 0 Å².